The molecule has 1 amide bonds. The molecule has 0 radical (unpaired) electrons. The zero-order valence-corrected chi connectivity index (χ0v) is 17.5. The summed E-state index contributed by atoms with van der Waals surface area (Å²) in [6.45, 7) is 4.02. The minimum absolute atomic E-state index is 0.292. The third-order valence-corrected chi connectivity index (χ3v) is 5.16. The van der Waals surface area contributed by atoms with E-state index in [0.717, 1.165) is 11.1 Å². The maximum atomic E-state index is 13.4. The van der Waals surface area contributed by atoms with E-state index in [1.165, 1.54) is 12.1 Å². The molecule has 0 atom stereocenters. The van der Waals surface area contributed by atoms with Gasteiger partial charge in [-0.2, -0.15) is 5.10 Å². The van der Waals surface area contributed by atoms with Crippen LogP contribution >= 0.6 is 0 Å². The van der Waals surface area contributed by atoms with E-state index in [2.05, 4.69) is 10.4 Å². The number of ether oxygens (including phenoxy) is 1. The number of carbonyl (C=O) groups excluding carboxylic acids is 1. The number of aromatic nitrogens is 2. The van der Waals surface area contributed by atoms with Gasteiger partial charge < -0.3 is 10.1 Å². The summed E-state index contributed by atoms with van der Waals surface area (Å²) < 4.78 is 20.2. The van der Waals surface area contributed by atoms with E-state index in [1.54, 1.807) is 42.1 Å². The quantitative estimate of drug-likeness (QED) is 0.465. The summed E-state index contributed by atoms with van der Waals surface area (Å²) in [5.41, 5.74) is 5.31. The van der Waals surface area contributed by atoms with Crippen LogP contribution in [0.3, 0.4) is 0 Å². The lowest BCUT2D eigenvalue weighted by Crippen LogP contribution is -2.17. The van der Waals surface area contributed by atoms with Crippen LogP contribution in [0.1, 0.15) is 21.6 Å². The highest BCUT2D eigenvalue weighted by Gasteiger charge is 2.18. The highest BCUT2D eigenvalue weighted by molar-refractivity contribution is 6.04. The molecule has 0 saturated heterocycles. The molecule has 6 heteroatoms. The van der Waals surface area contributed by atoms with E-state index in [1.807, 2.05) is 44.2 Å². The second-order valence-corrected chi connectivity index (χ2v) is 7.28. The molecule has 0 saturated carbocycles. The number of benzene rings is 3. The molecule has 1 aromatic heterocycles. The molecule has 0 spiro atoms. The Morgan fingerprint density at radius 2 is 1.65 bits per heavy atom. The number of carbonyl (C=O) groups is 1. The molecule has 0 bridgehead atoms. The zero-order valence-electron chi connectivity index (χ0n) is 17.5. The van der Waals surface area contributed by atoms with Crippen molar-refractivity contribution in [3.05, 3.63) is 95.4 Å². The van der Waals surface area contributed by atoms with Gasteiger partial charge in [0.25, 0.3) is 5.91 Å². The average molecular weight is 415 g/mol. The molecule has 156 valence electrons. The van der Waals surface area contributed by atoms with E-state index in [4.69, 9.17) is 4.74 Å². The molecule has 0 unspecified atom stereocenters. The van der Waals surface area contributed by atoms with Crippen molar-refractivity contribution < 1.29 is 13.9 Å². The Kier molecular flexibility index (Phi) is 5.54. The highest BCUT2D eigenvalue weighted by Crippen LogP contribution is 2.24. The zero-order chi connectivity index (χ0) is 22.0. The summed E-state index contributed by atoms with van der Waals surface area (Å²) in [7, 11) is 1.60. The lowest BCUT2D eigenvalue weighted by molar-refractivity contribution is 0.101. The van der Waals surface area contributed by atoms with Crippen LogP contribution in [-0.2, 0) is 0 Å². The normalized spacial score (nSPS) is 10.7. The van der Waals surface area contributed by atoms with Crippen molar-refractivity contribution in [3.63, 3.8) is 0 Å². The topological polar surface area (TPSA) is 56.2 Å². The molecule has 4 rings (SSSR count). The maximum Gasteiger partial charge on any atom is 0.274 e. The number of halogens is 1. The van der Waals surface area contributed by atoms with Gasteiger partial charge in [-0.25, -0.2) is 9.07 Å². The minimum atomic E-state index is -0.328. The lowest BCUT2D eigenvalue weighted by Gasteiger charge is -2.10. The van der Waals surface area contributed by atoms with Crippen molar-refractivity contribution in [2.45, 2.75) is 13.8 Å². The van der Waals surface area contributed by atoms with Crippen LogP contribution in [0.15, 0.2) is 72.8 Å². The molecule has 1 N–H and O–H groups in total. The van der Waals surface area contributed by atoms with Crippen LogP contribution in [-0.4, -0.2) is 22.8 Å². The van der Waals surface area contributed by atoms with Gasteiger partial charge >= 0.3 is 0 Å². The second-order valence-electron chi connectivity index (χ2n) is 7.28. The third-order valence-electron chi connectivity index (χ3n) is 5.16. The first-order chi connectivity index (χ1) is 14.9. The van der Waals surface area contributed by atoms with Crippen molar-refractivity contribution in [3.8, 4) is 22.7 Å². The van der Waals surface area contributed by atoms with Crippen molar-refractivity contribution in [2.24, 2.45) is 0 Å². The molecule has 1 heterocycles. The Morgan fingerprint density at radius 1 is 0.935 bits per heavy atom. The largest absolute Gasteiger partial charge is 0.497 e. The van der Waals surface area contributed by atoms with Gasteiger partial charge in [0.15, 0.2) is 0 Å². The van der Waals surface area contributed by atoms with Crippen molar-refractivity contribution in [2.75, 3.05) is 12.4 Å². The fourth-order valence-electron chi connectivity index (χ4n) is 3.24. The summed E-state index contributed by atoms with van der Waals surface area (Å²) in [4.78, 5) is 13.2. The fraction of sp³-hybridized carbons (Fsp3) is 0.120. The van der Waals surface area contributed by atoms with Crippen molar-refractivity contribution in [1.29, 1.82) is 0 Å². The number of hydrogen-bond donors (Lipinski definition) is 1. The van der Waals surface area contributed by atoms with E-state index in [0.29, 0.717) is 34.1 Å². The smallest absolute Gasteiger partial charge is 0.274 e. The van der Waals surface area contributed by atoms with Gasteiger partial charge in [0.05, 0.1) is 18.5 Å². The number of nitrogens with zero attached hydrogens (tertiary/aromatic N) is 2. The maximum absolute atomic E-state index is 13.4. The minimum Gasteiger partial charge on any atom is -0.497 e. The molecule has 4 aromatic rings. The molecule has 31 heavy (non-hydrogen) atoms. The Balaban J connectivity index is 1.75. The van der Waals surface area contributed by atoms with E-state index >= 15 is 0 Å². The highest BCUT2D eigenvalue weighted by atomic mass is 19.1. The van der Waals surface area contributed by atoms with Gasteiger partial charge in [0.2, 0.25) is 0 Å². The number of aryl methyl sites for hydroxylation is 2. The van der Waals surface area contributed by atoms with E-state index < -0.39 is 0 Å². The van der Waals surface area contributed by atoms with Crippen LogP contribution in [0.2, 0.25) is 0 Å². The molecule has 0 aliphatic rings. The summed E-state index contributed by atoms with van der Waals surface area (Å²) in [6.07, 6.45) is 0. The Bertz CT molecular complexity index is 1230. The van der Waals surface area contributed by atoms with Crippen molar-refractivity contribution in [1.82, 2.24) is 9.78 Å². The van der Waals surface area contributed by atoms with Crippen LogP contribution < -0.4 is 10.1 Å². The van der Waals surface area contributed by atoms with Crippen LogP contribution in [0.25, 0.3) is 16.9 Å². The lowest BCUT2D eigenvalue weighted by atomic mass is 10.1. The molecule has 0 aliphatic heterocycles. The fourth-order valence-corrected chi connectivity index (χ4v) is 3.24. The Morgan fingerprint density at radius 3 is 2.29 bits per heavy atom. The molecular weight excluding hydrogens is 393 g/mol. The summed E-state index contributed by atoms with van der Waals surface area (Å²) in [5.74, 6) is 0.0850. The van der Waals surface area contributed by atoms with E-state index in [9.17, 15) is 9.18 Å². The number of rotatable bonds is 5. The summed E-state index contributed by atoms with van der Waals surface area (Å²) in [6, 6.07) is 20.8. The van der Waals surface area contributed by atoms with Crippen molar-refractivity contribution >= 4 is 11.6 Å². The average Bonchev–Trinajstić information content (AvgIpc) is 3.22. The first-order valence-corrected chi connectivity index (χ1v) is 9.83. The Labute approximate surface area is 180 Å². The predicted octanol–water partition coefficient (Wildman–Crippen LogP) is 5.56. The predicted molar refractivity (Wildman–Crippen MR) is 119 cm³/mol. The van der Waals surface area contributed by atoms with Gasteiger partial charge in [-0.05, 0) is 91.7 Å². The number of hydrogen-bond acceptors (Lipinski definition) is 3. The number of anilines is 1. The molecule has 0 fully saturated rings. The first kappa shape index (κ1) is 20.3. The monoisotopic (exact) mass is 415 g/mol. The standard InChI is InChI=1S/C25H22FN3O2/c1-16-4-9-20(14-17(16)2)27-25(30)24-15-23(18-5-7-19(26)8-6-18)28-29(24)21-10-12-22(31-3)13-11-21/h4-15H,1-3H3,(H,27,30). The van der Waals surface area contributed by atoms with Crippen LogP contribution in [0.4, 0.5) is 10.1 Å². The number of amides is 1. The SMILES string of the molecule is COc1ccc(-n2nc(-c3ccc(F)cc3)cc2C(=O)Nc2ccc(C)c(C)c2)cc1. The van der Waals surface area contributed by atoms with Crippen LogP contribution in [0.5, 0.6) is 5.75 Å². The van der Waals surface area contributed by atoms with Crippen LogP contribution in [0, 0.1) is 19.7 Å². The van der Waals surface area contributed by atoms with E-state index in [-0.39, 0.29) is 11.7 Å². The molecular formula is C25H22FN3O2. The third kappa shape index (κ3) is 4.33. The molecule has 0 aliphatic carbocycles. The van der Waals surface area contributed by atoms with Gasteiger partial charge in [0.1, 0.15) is 17.3 Å². The van der Waals surface area contributed by atoms with Gasteiger partial charge in [-0.3, -0.25) is 4.79 Å². The molecule has 5 nitrogen and oxygen atoms in total. The number of methoxy groups -OCH3 is 1. The second kappa shape index (κ2) is 8.44. The summed E-state index contributed by atoms with van der Waals surface area (Å²) >= 11 is 0. The van der Waals surface area contributed by atoms with Gasteiger partial charge in [0, 0.05) is 11.3 Å². The summed E-state index contributed by atoms with van der Waals surface area (Å²) in [5, 5.41) is 7.57. The Hall–Kier alpha value is -3.93. The first-order valence-electron chi connectivity index (χ1n) is 9.83. The number of nitrogens with one attached hydrogen (secondary N) is 1. The van der Waals surface area contributed by atoms with Gasteiger partial charge in [-0.1, -0.05) is 6.07 Å². The molecule has 3 aromatic carbocycles. The van der Waals surface area contributed by atoms with Gasteiger partial charge in [-0.15, -0.1) is 0 Å².